The minimum atomic E-state index is -0.854. The Morgan fingerprint density at radius 2 is 1.72 bits per heavy atom. The lowest BCUT2D eigenvalue weighted by Gasteiger charge is -2.26. The van der Waals surface area contributed by atoms with E-state index in [0.717, 1.165) is 0 Å². The zero-order valence-electron chi connectivity index (χ0n) is 15.4. The van der Waals surface area contributed by atoms with Crippen molar-refractivity contribution in [1.29, 1.82) is 0 Å². The van der Waals surface area contributed by atoms with Gasteiger partial charge in [-0.05, 0) is 24.3 Å². The van der Waals surface area contributed by atoms with Crippen molar-refractivity contribution in [3.63, 3.8) is 0 Å². The SMILES string of the molecule is Cc1cccc([N+](=O)[O-])c1C(=O)OCC(=O)N(CC(C)C)CC(C)C. The van der Waals surface area contributed by atoms with E-state index in [1.165, 1.54) is 12.1 Å². The van der Waals surface area contributed by atoms with E-state index in [2.05, 4.69) is 0 Å². The largest absolute Gasteiger partial charge is 0.452 e. The number of amides is 1. The van der Waals surface area contributed by atoms with Crippen molar-refractivity contribution in [2.45, 2.75) is 34.6 Å². The van der Waals surface area contributed by atoms with Crippen LogP contribution in [0, 0.1) is 28.9 Å². The molecule has 138 valence electrons. The Bertz CT molecular complexity index is 630. The summed E-state index contributed by atoms with van der Waals surface area (Å²) in [5, 5.41) is 11.1. The molecular formula is C18H26N2O5. The maximum absolute atomic E-state index is 12.4. The quantitative estimate of drug-likeness (QED) is 0.408. The lowest BCUT2D eigenvalue weighted by Crippen LogP contribution is -2.39. The number of esters is 1. The molecule has 1 rings (SSSR count). The van der Waals surface area contributed by atoms with E-state index >= 15 is 0 Å². The predicted octanol–water partition coefficient (Wildman–Crippen LogP) is 3.20. The van der Waals surface area contributed by atoms with Gasteiger partial charge < -0.3 is 9.64 Å². The zero-order valence-corrected chi connectivity index (χ0v) is 15.4. The second kappa shape index (κ2) is 9.15. The van der Waals surface area contributed by atoms with Crippen LogP contribution in [-0.2, 0) is 9.53 Å². The molecule has 0 atom stereocenters. The molecule has 0 spiro atoms. The minimum Gasteiger partial charge on any atom is -0.452 e. The van der Waals surface area contributed by atoms with Crippen LogP contribution in [-0.4, -0.2) is 41.4 Å². The Morgan fingerprint density at radius 3 is 2.20 bits per heavy atom. The van der Waals surface area contributed by atoms with Gasteiger partial charge in [0.2, 0.25) is 0 Å². The average Bonchev–Trinajstić information content (AvgIpc) is 2.50. The Hall–Kier alpha value is -2.44. The summed E-state index contributed by atoms with van der Waals surface area (Å²) in [6, 6.07) is 4.34. The minimum absolute atomic E-state index is 0.112. The van der Waals surface area contributed by atoms with Crippen LogP contribution < -0.4 is 0 Å². The third-order valence-electron chi connectivity index (χ3n) is 3.50. The standard InChI is InChI=1S/C18H26N2O5/c1-12(2)9-19(10-13(3)4)16(21)11-25-18(22)17-14(5)7-6-8-15(17)20(23)24/h6-8,12-13H,9-11H2,1-5H3. The van der Waals surface area contributed by atoms with Gasteiger partial charge in [-0.15, -0.1) is 0 Å². The van der Waals surface area contributed by atoms with Crippen LogP contribution >= 0.6 is 0 Å². The second-order valence-corrected chi connectivity index (χ2v) is 6.89. The van der Waals surface area contributed by atoms with Crippen LogP contribution in [0.25, 0.3) is 0 Å². The molecular weight excluding hydrogens is 324 g/mol. The number of nitro benzene ring substituents is 1. The molecule has 25 heavy (non-hydrogen) atoms. The van der Waals surface area contributed by atoms with Gasteiger partial charge in [0.15, 0.2) is 6.61 Å². The molecule has 0 unspecified atom stereocenters. The summed E-state index contributed by atoms with van der Waals surface area (Å²) in [4.78, 5) is 36.8. The number of carbonyl (C=O) groups is 2. The van der Waals surface area contributed by atoms with Crippen LogP contribution in [0.3, 0.4) is 0 Å². The summed E-state index contributed by atoms with van der Waals surface area (Å²) in [5.41, 5.74) is 0.00565. The Labute approximate surface area is 148 Å². The molecule has 0 aromatic heterocycles. The van der Waals surface area contributed by atoms with Crippen LogP contribution in [0.2, 0.25) is 0 Å². The molecule has 7 heteroatoms. The molecule has 0 saturated heterocycles. The molecule has 0 radical (unpaired) electrons. The zero-order chi connectivity index (χ0) is 19.1. The van der Waals surface area contributed by atoms with Crippen LogP contribution in [0.5, 0.6) is 0 Å². The number of nitrogens with zero attached hydrogens (tertiary/aromatic N) is 2. The van der Waals surface area contributed by atoms with Gasteiger partial charge >= 0.3 is 5.97 Å². The Kier molecular flexibility index (Phi) is 7.54. The number of nitro groups is 1. The third kappa shape index (κ3) is 6.17. The number of hydrogen-bond donors (Lipinski definition) is 0. The molecule has 1 aromatic rings. The summed E-state index contributed by atoms with van der Waals surface area (Å²) >= 11 is 0. The molecule has 0 saturated carbocycles. The lowest BCUT2D eigenvalue weighted by molar-refractivity contribution is -0.385. The fraction of sp³-hybridized carbons (Fsp3) is 0.556. The molecule has 7 nitrogen and oxygen atoms in total. The van der Waals surface area contributed by atoms with E-state index in [0.29, 0.717) is 18.7 Å². The summed E-state index contributed by atoms with van der Waals surface area (Å²) in [6.07, 6.45) is 0. The first-order chi connectivity index (χ1) is 11.6. The monoisotopic (exact) mass is 350 g/mol. The van der Waals surface area contributed by atoms with E-state index in [9.17, 15) is 19.7 Å². The first-order valence-corrected chi connectivity index (χ1v) is 8.32. The predicted molar refractivity (Wildman–Crippen MR) is 94.4 cm³/mol. The van der Waals surface area contributed by atoms with Crippen molar-refractivity contribution >= 4 is 17.6 Å². The fourth-order valence-corrected chi connectivity index (χ4v) is 2.52. The molecule has 1 aromatic carbocycles. The van der Waals surface area contributed by atoms with Crippen LogP contribution in [0.15, 0.2) is 18.2 Å². The first kappa shape index (κ1) is 20.6. The first-order valence-electron chi connectivity index (χ1n) is 8.32. The molecule has 0 N–H and O–H groups in total. The smallest absolute Gasteiger partial charge is 0.345 e. The highest BCUT2D eigenvalue weighted by atomic mass is 16.6. The summed E-state index contributed by atoms with van der Waals surface area (Å²) in [6.45, 7) is 10.3. The van der Waals surface area contributed by atoms with Crippen LogP contribution in [0.1, 0.15) is 43.6 Å². The molecule has 0 aliphatic heterocycles. The number of benzene rings is 1. The normalized spacial score (nSPS) is 10.8. The summed E-state index contributed by atoms with van der Waals surface area (Å²) in [5.74, 6) is -0.578. The van der Waals surface area contributed by atoms with Gasteiger partial charge in [-0.2, -0.15) is 0 Å². The van der Waals surface area contributed by atoms with E-state index in [1.54, 1.807) is 17.9 Å². The van der Waals surface area contributed by atoms with E-state index in [1.807, 2.05) is 27.7 Å². The van der Waals surface area contributed by atoms with Crippen molar-refractivity contribution < 1.29 is 19.2 Å². The number of ether oxygens (including phenoxy) is 1. The number of rotatable bonds is 8. The maximum atomic E-state index is 12.4. The van der Waals surface area contributed by atoms with Gasteiger partial charge in [0.05, 0.1) is 4.92 Å². The topological polar surface area (TPSA) is 89.7 Å². The van der Waals surface area contributed by atoms with Crippen molar-refractivity contribution in [2.24, 2.45) is 11.8 Å². The van der Waals surface area contributed by atoms with E-state index in [-0.39, 0.29) is 29.0 Å². The molecule has 0 heterocycles. The van der Waals surface area contributed by atoms with Crippen LogP contribution in [0.4, 0.5) is 5.69 Å². The van der Waals surface area contributed by atoms with Gasteiger partial charge in [-0.3, -0.25) is 14.9 Å². The van der Waals surface area contributed by atoms with Crippen molar-refractivity contribution in [2.75, 3.05) is 19.7 Å². The van der Waals surface area contributed by atoms with Crippen molar-refractivity contribution in [1.82, 2.24) is 4.90 Å². The van der Waals surface area contributed by atoms with Crippen molar-refractivity contribution in [3.05, 3.63) is 39.4 Å². The number of carbonyl (C=O) groups excluding carboxylic acids is 2. The highest BCUT2D eigenvalue weighted by Gasteiger charge is 2.25. The van der Waals surface area contributed by atoms with E-state index in [4.69, 9.17) is 4.74 Å². The maximum Gasteiger partial charge on any atom is 0.345 e. The summed E-state index contributed by atoms with van der Waals surface area (Å²) < 4.78 is 5.07. The van der Waals surface area contributed by atoms with Gasteiger partial charge in [-0.25, -0.2) is 4.79 Å². The summed E-state index contributed by atoms with van der Waals surface area (Å²) in [7, 11) is 0. The molecule has 0 bridgehead atoms. The number of hydrogen-bond acceptors (Lipinski definition) is 5. The Balaban J connectivity index is 2.84. The van der Waals surface area contributed by atoms with Gasteiger partial charge in [0.25, 0.3) is 11.6 Å². The average molecular weight is 350 g/mol. The second-order valence-electron chi connectivity index (χ2n) is 6.89. The van der Waals surface area contributed by atoms with Crippen molar-refractivity contribution in [3.8, 4) is 0 Å². The number of aryl methyl sites for hydroxylation is 1. The molecule has 1 amide bonds. The lowest BCUT2D eigenvalue weighted by atomic mass is 10.1. The highest BCUT2D eigenvalue weighted by Crippen LogP contribution is 2.22. The molecule has 0 aliphatic carbocycles. The highest BCUT2D eigenvalue weighted by molar-refractivity contribution is 5.96. The van der Waals surface area contributed by atoms with Gasteiger partial charge in [0, 0.05) is 19.2 Å². The third-order valence-corrected chi connectivity index (χ3v) is 3.50. The van der Waals surface area contributed by atoms with Gasteiger partial charge in [-0.1, -0.05) is 39.8 Å². The van der Waals surface area contributed by atoms with E-state index < -0.39 is 17.5 Å². The Morgan fingerprint density at radius 1 is 1.16 bits per heavy atom. The fourth-order valence-electron chi connectivity index (χ4n) is 2.52. The van der Waals surface area contributed by atoms with Gasteiger partial charge in [0.1, 0.15) is 5.56 Å². The molecule has 0 aliphatic rings. The molecule has 0 fully saturated rings.